The zero-order valence-electron chi connectivity index (χ0n) is 11.3. The Morgan fingerprint density at radius 1 is 1.00 bits per heavy atom. The number of carbonyl (C=O) groups excluding carboxylic acids is 1. The van der Waals surface area contributed by atoms with Crippen LogP contribution in [-0.4, -0.2) is 21.9 Å². The van der Waals surface area contributed by atoms with Gasteiger partial charge in [0.1, 0.15) is 11.5 Å². The second kappa shape index (κ2) is 5.82. The number of anilines is 1. The number of carbonyl (C=O) groups is 1. The van der Waals surface area contributed by atoms with E-state index in [9.17, 15) is 4.79 Å². The zero-order valence-corrected chi connectivity index (χ0v) is 11.3. The summed E-state index contributed by atoms with van der Waals surface area (Å²) in [7, 11) is 0. The van der Waals surface area contributed by atoms with Gasteiger partial charge in [-0.15, -0.1) is 0 Å². The van der Waals surface area contributed by atoms with Crippen molar-refractivity contribution in [2.24, 2.45) is 0 Å². The van der Waals surface area contributed by atoms with Crippen LogP contribution in [0, 0.1) is 0 Å². The van der Waals surface area contributed by atoms with Crippen molar-refractivity contribution in [2.75, 3.05) is 4.90 Å². The smallest absolute Gasteiger partial charge is 0.278 e. The van der Waals surface area contributed by atoms with E-state index >= 15 is 0 Å². The van der Waals surface area contributed by atoms with E-state index in [0.29, 0.717) is 5.69 Å². The largest absolute Gasteiger partial charge is 0.288 e. The molecule has 2 aromatic rings. The Labute approximate surface area is 118 Å². The third-order valence-corrected chi connectivity index (χ3v) is 3.69. The van der Waals surface area contributed by atoms with E-state index in [4.69, 9.17) is 0 Å². The Bertz CT molecular complexity index is 565. The van der Waals surface area contributed by atoms with E-state index < -0.39 is 0 Å². The second-order valence-corrected chi connectivity index (χ2v) is 5.02. The van der Waals surface area contributed by atoms with Crippen LogP contribution < -0.4 is 4.90 Å². The Kier molecular flexibility index (Phi) is 3.72. The molecule has 0 radical (unpaired) electrons. The average Bonchev–Trinajstić information content (AvgIpc) is 3.03. The number of amides is 1. The fourth-order valence-electron chi connectivity index (χ4n) is 2.73. The summed E-state index contributed by atoms with van der Waals surface area (Å²) in [4.78, 5) is 23.1. The molecule has 2 aromatic heterocycles. The van der Waals surface area contributed by atoms with Gasteiger partial charge in [0.25, 0.3) is 5.91 Å². The lowest BCUT2D eigenvalue weighted by molar-refractivity contribution is 0.0971. The predicted molar refractivity (Wildman–Crippen MR) is 77.5 cm³/mol. The number of hydrogen-bond donors (Lipinski definition) is 0. The van der Waals surface area contributed by atoms with E-state index in [1.807, 2.05) is 35.2 Å². The van der Waals surface area contributed by atoms with Crippen molar-refractivity contribution in [1.82, 2.24) is 9.97 Å². The molecule has 1 amide bonds. The molecule has 4 nitrogen and oxygen atoms in total. The highest BCUT2D eigenvalue weighted by molar-refractivity contribution is 6.04. The molecule has 0 atom stereocenters. The van der Waals surface area contributed by atoms with Gasteiger partial charge in [0.05, 0.1) is 0 Å². The third kappa shape index (κ3) is 2.54. The van der Waals surface area contributed by atoms with Gasteiger partial charge in [-0.05, 0) is 37.1 Å². The SMILES string of the molecule is O=C(c1ccccn1)N(c1ccccn1)C1CCCC1. The third-order valence-electron chi connectivity index (χ3n) is 3.69. The molecular weight excluding hydrogens is 250 g/mol. The van der Waals surface area contributed by atoms with E-state index in [1.54, 1.807) is 18.5 Å². The van der Waals surface area contributed by atoms with Gasteiger partial charge in [-0.1, -0.05) is 25.0 Å². The Hall–Kier alpha value is -2.23. The Balaban J connectivity index is 1.95. The minimum absolute atomic E-state index is 0.0591. The number of nitrogens with zero attached hydrogens (tertiary/aromatic N) is 3. The lowest BCUT2D eigenvalue weighted by atomic mass is 10.2. The average molecular weight is 267 g/mol. The van der Waals surface area contributed by atoms with Crippen molar-refractivity contribution in [3.8, 4) is 0 Å². The Morgan fingerprint density at radius 3 is 2.30 bits per heavy atom. The van der Waals surface area contributed by atoms with Crippen LogP contribution in [0.3, 0.4) is 0 Å². The number of pyridine rings is 2. The molecular formula is C16H17N3O. The summed E-state index contributed by atoms with van der Waals surface area (Å²) in [5.74, 6) is 0.659. The quantitative estimate of drug-likeness (QED) is 0.858. The first-order valence-corrected chi connectivity index (χ1v) is 7.02. The molecule has 102 valence electrons. The first-order valence-electron chi connectivity index (χ1n) is 7.02. The van der Waals surface area contributed by atoms with Gasteiger partial charge in [0.2, 0.25) is 0 Å². The first kappa shape index (κ1) is 12.8. The monoisotopic (exact) mass is 267 g/mol. The second-order valence-electron chi connectivity index (χ2n) is 5.02. The molecule has 4 heteroatoms. The fraction of sp³-hybridized carbons (Fsp3) is 0.312. The predicted octanol–water partition coefficient (Wildman–Crippen LogP) is 3.07. The van der Waals surface area contributed by atoms with Crippen molar-refractivity contribution in [2.45, 2.75) is 31.7 Å². The maximum Gasteiger partial charge on any atom is 0.278 e. The standard InChI is InChI=1S/C16H17N3O/c20-16(14-9-3-5-11-17-14)19(13-7-1-2-8-13)15-10-4-6-12-18-15/h3-6,9-13H,1-2,7-8H2. The number of aromatic nitrogens is 2. The number of hydrogen-bond acceptors (Lipinski definition) is 3. The van der Waals surface area contributed by atoms with Crippen molar-refractivity contribution in [3.05, 3.63) is 54.5 Å². The van der Waals surface area contributed by atoms with Gasteiger partial charge in [-0.25, -0.2) is 4.98 Å². The van der Waals surface area contributed by atoms with Crippen LogP contribution in [0.5, 0.6) is 0 Å². The van der Waals surface area contributed by atoms with Crippen LogP contribution in [0.4, 0.5) is 5.82 Å². The molecule has 1 fully saturated rings. The van der Waals surface area contributed by atoms with Gasteiger partial charge in [-0.3, -0.25) is 14.7 Å². The maximum absolute atomic E-state index is 12.8. The molecule has 3 rings (SSSR count). The van der Waals surface area contributed by atoms with E-state index in [2.05, 4.69) is 9.97 Å². The van der Waals surface area contributed by atoms with Crippen LogP contribution in [0.1, 0.15) is 36.2 Å². The lowest BCUT2D eigenvalue weighted by Gasteiger charge is -2.27. The zero-order chi connectivity index (χ0) is 13.8. The summed E-state index contributed by atoms with van der Waals surface area (Å²) in [5, 5.41) is 0. The van der Waals surface area contributed by atoms with Gasteiger partial charge in [-0.2, -0.15) is 0 Å². The molecule has 20 heavy (non-hydrogen) atoms. The van der Waals surface area contributed by atoms with Gasteiger partial charge in [0, 0.05) is 18.4 Å². The van der Waals surface area contributed by atoms with Crippen LogP contribution in [0.15, 0.2) is 48.8 Å². The highest BCUT2D eigenvalue weighted by Gasteiger charge is 2.29. The van der Waals surface area contributed by atoms with Crippen molar-refractivity contribution in [1.29, 1.82) is 0 Å². The highest BCUT2D eigenvalue weighted by Crippen LogP contribution is 2.28. The van der Waals surface area contributed by atoms with Crippen LogP contribution in [0.25, 0.3) is 0 Å². The van der Waals surface area contributed by atoms with E-state index in [0.717, 1.165) is 18.7 Å². The highest BCUT2D eigenvalue weighted by atomic mass is 16.2. The molecule has 0 aliphatic heterocycles. The van der Waals surface area contributed by atoms with E-state index in [1.165, 1.54) is 12.8 Å². The molecule has 0 saturated heterocycles. The summed E-state index contributed by atoms with van der Waals surface area (Å²) in [6, 6.07) is 11.3. The fourth-order valence-corrected chi connectivity index (χ4v) is 2.73. The molecule has 0 bridgehead atoms. The van der Waals surface area contributed by atoms with Gasteiger partial charge >= 0.3 is 0 Å². The molecule has 0 unspecified atom stereocenters. The number of rotatable bonds is 3. The molecule has 2 heterocycles. The molecule has 0 aromatic carbocycles. The normalized spacial score (nSPS) is 15.2. The van der Waals surface area contributed by atoms with Crippen LogP contribution >= 0.6 is 0 Å². The summed E-state index contributed by atoms with van der Waals surface area (Å²) in [6.45, 7) is 0. The summed E-state index contributed by atoms with van der Waals surface area (Å²) >= 11 is 0. The summed E-state index contributed by atoms with van der Waals surface area (Å²) in [5.41, 5.74) is 0.477. The van der Waals surface area contributed by atoms with Crippen LogP contribution in [-0.2, 0) is 0 Å². The first-order chi connectivity index (χ1) is 9.86. The molecule has 0 N–H and O–H groups in total. The summed E-state index contributed by atoms with van der Waals surface area (Å²) < 4.78 is 0. The van der Waals surface area contributed by atoms with E-state index in [-0.39, 0.29) is 11.9 Å². The molecule has 1 saturated carbocycles. The maximum atomic E-state index is 12.8. The van der Waals surface area contributed by atoms with Crippen LogP contribution in [0.2, 0.25) is 0 Å². The molecule has 1 aliphatic carbocycles. The molecule has 1 aliphatic rings. The minimum atomic E-state index is -0.0591. The Morgan fingerprint density at radius 2 is 1.70 bits per heavy atom. The van der Waals surface area contributed by atoms with Crippen molar-refractivity contribution in [3.63, 3.8) is 0 Å². The van der Waals surface area contributed by atoms with Gasteiger partial charge < -0.3 is 0 Å². The topological polar surface area (TPSA) is 46.1 Å². The van der Waals surface area contributed by atoms with Crippen molar-refractivity contribution < 1.29 is 4.79 Å². The lowest BCUT2D eigenvalue weighted by Crippen LogP contribution is -2.40. The summed E-state index contributed by atoms with van der Waals surface area (Å²) in [6.07, 6.45) is 7.79. The van der Waals surface area contributed by atoms with Crippen molar-refractivity contribution >= 4 is 11.7 Å². The molecule has 0 spiro atoms. The van der Waals surface area contributed by atoms with Gasteiger partial charge in [0.15, 0.2) is 0 Å². The minimum Gasteiger partial charge on any atom is -0.288 e.